The van der Waals surface area contributed by atoms with Crippen LogP contribution in [0.5, 0.6) is 0 Å². The van der Waals surface area contributed by atoms with Gasteiger partial charge in [0.2, 0.25) is 5.91 Å². The zero-order chi connectivity index (χ0) is 13.3. The van der Waals surface area contributed by atoms with Crippen molar-refractivity contribution in [2.75, 3.05) is 19.7 Å². The number of nitrogens with zero attached hydrogens (tertiary/aromatic N) is 1. The minimum atomic E-state index is -0.221. The van der Waals surface area contributed by atoms with Crippen LogP contribution < -0.4 is 5.32 Å². The lowest BCUT2D eigenvalue weighted by molar-refractivity contribution is -0.128. The molecule has 4 heteroatoms. The summed E-state index contributed by atoms with van der Waals surface area (Å²) in [6.07, 6.45) is 0.499. The van der Waals surface area contributed by atoms with Crippen molar-refractivity contribution in [1.29, 1.82) is 0 Å². The molecule has 0 aromatic rings. The first-order valence-electron chi connectivity index (χ1n) is 6.33. The maximum absolute atomic E-state index is 12.1. The van der Waals surface area contributed by atoms with Crippen LogP contribution in [0.15, 0.2) is 0 Å². The zero-order valence-electron chi connectivity index (χ0n) is 11.7. The Labute approximate surface area is 104 Å². The molecular weight excluding hydrogens is 216 g/mol. The molecule has 4 nitrogen and oxygen atoms in total. The van der Waals surface area contributed by atoms with Crippen LogP contribution in [0, 0.1) is 5.41 Å². The van der Waals surface area contributed by atoms with Crippen LogP contribution in [0.3, 0.4) is 0 Å². The third-order valence-electron chi connectivity index (χ3n) is 3.28. The summed E-state index contributed by atoms with van der Waals surface area (Å²) >= 11 is 0. The van der Waals surface area contributed by atoms with Gasteiger partial charge in [-0.05, 0) is 32.6 Å². The molecule has 1 atom stereocenters. The fourth-order valence-corrected chi connectivity index (χ4v) is 2.33. The van der Waals surface area contributed by atoms with Gasteiger partial charge < -0.3 is 10.4 Å². The van der Waals surface area contributed by atoms with E-state index in [1.807, 2.05) is 0 Å². The number of hydrogen-bond acceptors (Lipinski definition) is 3. The van der Waals surface area contributed by atoms with Crippen molar-refractivity contribution in [2.24, 2.45) is 5.41 Å². The predicted octanol–water partition coefficient (Wildman–Crippen LogP) is 0.994. The Morgan fingerprint density at radius 1 is 1.47 bits per heavy atom. The molecule has 1 aliphatic heterocycles. The number of nitrogens with one attached hydrogen (secondary N) is 1. The van der Waals surface area contributed by atoms with Crippen LogP contribution in [-0.4, -0.2) is 47.2 Å². The van der Waals surface area contributed by atoms with Gasteiger partial charge in [0.1, 0.15) is 0 Å². The van der Waals surface area contributed by atoms with E-state index in [1.165, 1.54) is 0 Å². The van der Waals surface area contributed by atoms with Gasteiger partial charge in [0.25, 0.3) is 0 Å². The quantitative estimate of drug-likeness (QED) is 0.759. The predicted molar refractivity (Wildman–Crippen MR) is 68.7 cm³/mol. The molecule has 1 aliphatic rings. The third kappa shape index (κ3) is 3.68. The van der Waals surface area contributed by atoms with Crippen molar-refractivity contribution >= 4 is 5.91 Å². The van der Waals surface area contributed by atoms with Gasteiger partial charge in [0.05, 0.1) is 6.04 Å². The molecule has 100 valence electrons. The van der Waals surface area contributed by atoms with Gasteiger partial charge in [-0.2, -0.15) is 0 Å². The van der Waals surface area contributed by atoms with Crippen molar-refractivity contribution in [3.05, 3.63) is 0 Å². The van der Waals surface area contributed by atoms with Gasteiger partial charge in [0, 0.05) is 25.2 Å². The van der Waals surface area contributed by atoms with Crippen LogP contribution in [0.2, 0.25) is 0 Å². The van der Waals surface area contributed by atoms with Crippen molar-refractivity contribution in [1.82, 2.24) is 10.2 Å². The molecule has 0 bridgehead atoms. The highest BCUT2D eigenvalue weighted by atomic mass is 16.3. The summed E-state index contributed by atoms with van der Waals surface area (Å²) in [6.45, 7) is 12.3. The van der Waals surface area contributed by atoms with Gasteiger partial charge in [-0.25, -0.2) is 0 Å². The highest BCUT2D eigenvalue weighted by Crippen LogP contribution is 2.28. The van der Waals surface area contributed by atoms with Crippen LogP contribution in [0.25, 0.3) is 0 Å². The Morgan fingerprint density at radius 3 is 2.53 bits per heavy atom. The van der Waals surface area contributed by atoms with Crippen molar-refractivity contribution in [3.63, 3.8) is 0 Å². The number of amides is 1. The number of aliphatic hydroxyl groups is 1. The molecule has 1 rings (SSSR count). The van der Waals surface area contributed by atoms with Crippen LogP contribution in [0.4, 0.5) is 0 Å². The van der Waals surface area contributed by atoms with E-state index in [9.17, 15) is 4.79 Å². The summed E-state index contributed by atoms with van der Waals surface area (Å²) in [5.74, 6) is 0.0413. The zero-order valence-corrected chi connectivity index (χ0v) is 11.7. The third-order valence-corrected chi connectivity index (χ3v) is 3.28. The largest absolute Gasteiger partial charge is 0.396 e. The van der Waals surface area contributed by atoms with Gasteiger partial charge in [-0.3, -0.25) is 9.69 Å². The van der Waals surface area contributed by atoms with E-state index in [0.29, 0.717) is 13.0 Å². The highest BCUT2D eigenvalue weighted by Gasteiger charge is 2.39. The molecule has 1 saturated heterocycles. The van der Waals surface area contributed by atoms with E-state index in [4.69, 9.17) is 5.11 Å². The molecule has 1 heterocycles. The van der Waals surface area contributed by atoms with E-state index in [1.54, 1.807) is 0 Å². The summed E-state index contributed by atoms with van der Waals surface area (Å²) < 4.78 is 0. The Balaban J connectivity index is 3.00. The summed E-state index contributed by atoms with van der Waals surface area (Å²) in [5, 5.41) is 12.1. The molecule has 1 unspecified atom stereocenters. The lowest BCUT2D eigenvalue weighted by atomic mass is 9.90. The number of hydrogen-bond donors (Lipinski definition) is 2. The second-order valence-corrected chi connectivity index (χ2v) is 6.71. The fraction of sp³-hybridized carbons (Fsp3) is 0.923. The van der Waals surface area contributed by atoms with E-state index < -0.39 is 0 Å². The average Bonchev–Trinajstić information content (AvgIpc) is 2.28. The van der Waals surface area contributed by atoms with Crippen molar-refractivity contribution in [3.8, 4) is 0 Å². The van der Waals surface area contributed by atoms with E-state index in [2.05, 4.69) is 44.8 Å². The molecule has 0 radical (unpaired) electrons. The number of aliphatic hydroxyl groups excluding tert-OH is 1. The Hall–Kier alpha value is -0.610. The van der Waals surface area contributed by atoms with Gasteiger partial charge in [-0.1, -0.05) is 13.8 Å². The van der Waals surface area contributed by atoms with E-state index in [0.717, 1.165) is 6.54 Å². The molecule has 0 spiro atoms. The molecule has 1 amide bonds. The average molecular weight is 242 g/mol. The molecule has 0 aromatic carbocycles. The van der Waals surface area contributed by atoms with Crippen molar-refractivity contribution in [2.45, 2.75) is 52.6 Å². The maximum atomic E-state index is 12.1. The smallest absolute Gasteiger partial charge is 0.237 e. The second-order valence-electron chi connectivity index (χ2n) is 6.71. The summed E-state index contributed by atoms with van der Waals surface area (Å²) in [7, 11) is 0. The minimum Gasteiger partial charge on any atom is -0.396 e. The fourth-order valence-electron chi connectivity index (χ4n) is 2.33. The second kappa shape index (κ2) is 4.94. The first kappa shape index (κ1) is 14.5. The standard InChI is InChI=1S/C13H26N2O2/c1-12(2,3)15-9-13(4,5)8-14-11(17)10(15)6-7-16/h10,16H,6-9H2,1-5H3,(H,14,17). The number of carbonyl (C=O) groups excluding carboxylic acids is 1. The lowest BCUT2D eigenvalue weighted by Gasteiger charge is -2.42. The molecule has 1 fully saturated rings. The van der Waals surface area contributed by atoms with Crippen LogP contribution in [-0.2, 0) is 4.79 Å². The molecule has 0 aromatic heterocycles. The van der Waals surface area contributed by atoms with E-state index in [-0.39, 0.29) is 29.5 Å². The lowest BCUT2D eigenvalue weighted by Crippen LogP contribution is -2.54. The summed E-state index contributed by atoms with van der Waals surface area (Å²) in [5.41, 5.74) is -0.00800. The first-order chi connectivity index (χ1) is 7.67. The Morgan fingerprint density at radius 2 is 2.06 bits per heavy atom. The SMILES string of the molecule is CC1(C)CNC(=O)C(CCO)N(C(C)(C)C)C1. The van der Waals surface area contributed by atoms with Gasteiger partial charge in [0.15, 0.2) is 0 Å². The Kier molecular flexibility index (Phi) is 4.20. The van der Waals surface area contributed by atoms with Crippen LogP contribution >= 0.6 is 0 Å². The molecule has 17 heavy (non-hydrogen) atoms. The topological polar surface area (TPSA) is 52.6 Å². The molecule has 2 N–H and O–H groups in total. The Bertz CT molecular complexity index is 282. The van der Waals surface area contributed by atoms with Crippen molar-refractivity contribution < 1.29 is 9.90 Å². The van der Waals surface area contributed by atoms with Crippen LogP contribution in [0.1, 0.15) is 41.0 Å². The monoisotopic (exact) mass is 242 g/mol. The molecular formula is C13H26N2O2. The molecule has 0 saturated carbocycles. The summed E-state index contributed by atoms with van der Waals surface area (Å²) in [6, 6.07) is -0.221. The van der Waals surface area contributed by atoms with Gasteiger partial charge >= 0.3 is 0 Å². The minimum absolute atomic E-state index is 0.0413. The van der Waals surface area contributed by atoms with E-state index >= 15 is 0 Å². The highest BCUT2D eigenvalue weighted by molar-refractivity contribution is 5.82. The number of carbonyl (C=O) groups is 1. The first-order valence-corrected chi connectivity index (χ1v) is 6.33. The van der Waals surface area contributed by atoms with Gasteiger partial charge in [-0.15, -0.1) is 0 Å². The molecule has 0 aliphatic carbocycles. The maximum Gasteiger partial charge on any atom is 0.237 e. The normalized spacial score (nSPS) is 26.5. The summed E-state index contributed by atoms with van der Waals surface area (Å²) in [4.78, 5) is 14.3. The number of rotatable bonds is 2.